The first-order valence-electron chi connectivity index (χ1n) is 9.52. The minimum Gasteiger partial charge on any atom is -0.369 e. The number of nitrogens with one attached hydrogen (secondary N) is 1. The zero-order valence-electron chi connectivity index (χ0n) is 15.7. The van der Waals surface area contributed by atoms with Gasteiger partial charge in [0.1, 0.15) is 11.6 Å². The molecule has 6 nitrogen and oxygen atoms in total. The average molecular weight is 384 g/mol. The zero-order chi connectivity index (χ0) is 19.9. The molecular formula is C21H25FN4O2. The number of carbonyl (C=O) groups excluding carboxylic acids is 2. The van der Waals surface area contributed by atoms with Crippen molar-refractivity contribution in [1.82, 2.24) is 9.88 Å². The molecule has 0 unspecified atom stereocenters. The molecule has 28 heavy (non-hydrogen) atoms. The summed E-state index contributed by atoms with van der Waals surface area (Å²) in [6.07, 6.45) is 5.77. The fourth-order valence-electron chi connectivity index (χ4n) is 3.51. The Morgan fingerprint density at radius 2 is 1.89 bits per heavy atom. The molecule has 3 N–H and O–H groups in total. The predicted octanol–water partition coefficient (Wildman–Crippen LogP) is 2.60. The summed E-state index contributed by atoms with van der Waals surface area (Å²) in [5.74, 6) is 0.145. The summed E-state index contributed by atoms with van der Waals surface area (Å²) in [7, 11) is 0. The van der Waals surface area contributed by atoms with Gasteiger partial charge in [-0.15, -0.1) is 0 Å². The van der Waals surface area contributed by atoms with Crippen LogP contribution in [0.4, 0.5) is 10.2 Å². The largest absolute Gasteiger partial charge is 0.369 e. The lowest BCUT2D eigenvalue weighted by Crippen LogP contribution is -2.39. The van der Waals surface area contributed by atoms with E-state index in [9.17, 15) is 14.0 Å². The van der Waals surface area contributed by atoms with Crippen LogP contribution < -0.4 is 11.1 Å². The van der Waals surface area contributed by atoms with E-state index >= 15 is 0 Å². The Labute approximate surface area is 163 Å². The number of benzene rings is 1. The number of aryl methyl sites for hydroxylation is 1. The minimum absolute atomic E-state index is 0.273. The Morgan fingerprint density at radius 3 is 2.57 bits per heavy atom. The van der Waals surface area contributed by atoms with Crippen LogP contribution in [0.15, 0.2) is 42.6 Å². The molecule has 2 amide bonds. The molecule has 0 bridgehead atoms. The number of carbonyl (C=O) groups is 2. The van der Waals surface area contributed by atoms with Gasteiger partial charge in [0.2, 0.25) is 5.91 Å². The highest BCUT2D eigenvalue weighted by Crippen LogP contribution is 2.22. The van der Waals surface area contributed by atoms with E-state index in [4.69, 9.17) is 5.73 Å². The topological polar surface area (TPSA) is 88.3 Å². The van der Waals surface area contributed by atoms with Gasteiger partial charge in [-0.2, -0.15) is 0 Å². The Balaban J connectivity index is 1.49. The smallest absolute Gasteiger partial charge is 0.256 e. The Hall–Kier alpha value is -2.80. The SMILES string of the molecule is NC(=O)CN1CCC(CCc2ccnc(NC(=O)c3ccc(F)cc3)c2)CC1. The molecular weight excluding hydrogens is 359 g/mol. The number of likely N-dealkylation sites (tertiary alicyclic amines) is 1. The van der Waals surface area contributed by atoms with E-state index in [1.807, 2.05) is 12.1 Å². The second-order valence-electron chi connectivity index (χ2n) is 7.23. The quantitative estimate of drug-likeness (QED) is 0.768. The molecule has 2 heterocycles. The van der Waals surface area contributed by atoms with Crippen molar-refractivity contribution in [2.45, 2.75) is 25.7 Å². The number of pyridine rings is 1. The highest BCUT2D eigenvalue weighted by Gasteiger charge is 2.20. The number of anilines is 1. The Kier molecular flexibility index (Phi) is 6.71. The van der Waals surface area contributed by atoms with E-state index in [0.717, 1.165) is 44.3 Å². The Morgan fingerprint density at radius 1 is 1.18 bits per heavy atom. The van der Waals surface area contributed by atoms with Crippen LogP contribution in [-0.4, -0.2) is 41.3 Å². The van der Waals surface area contributed by atoms with Crippen LogP contribution >= 0.6 is 0 Å². The van der Waals surface area contributed by atoms with Crippen molar-refractivity contribution in [2.75, 3.05) is 25.0 Å². The molecule has 1 aliphatic heterocycles. The highest BCUT2D eigenvalue weighted by molar-refractivity contribution is 6.03. The standard InChI is InChI=1S/C21H25FN4O2/c22-18-5-3-17(4-6-18)21(28)25-20-13-16(7-10-24-20)2-1-15-8-11-26(12-9-15)14-19(23)27/h3-7,10,13,15H,1-2,8-9,11-12,14H2,(H2,23,27)(H,24,25,28). The van der Waals surface area contributed by atoms with Gasteiger partial charge in [0, 0.05) is 11.8 Å². The van der Waals surface area contributed by atoms with E-state index in [0.29, 0.717) is 23.8 Å². The minimum atomic E-state index is -0.378. The van der Waals surface area contributed by atoms with Crippen LogP contribution in [-0.2, 0) is 11.2 Å². The summed E-state index contributed by atoms with van der Waals surface area (Å²) in [5, 5.41) is 2.76. The number of nitrogens with zero attached hydrogens (tertiary/aromatic N) is 2. The number of hydrogen-bond acceptors (Lipinski definition) is 4. The van der Waals surface area contributed by atoms with Gasteiger partial charge < -0.3 is 11.1 Å². The van der Waals surface area contributed by atoms with Crippen LogP contribution in [0.5, 0.6) is 0 Å². The Bertz CT molecular complexity index is 817. The summed E-state index contributed by atoms with van der Waals surface area (Å²) in [5.41, 5.74) is 6.75. The van der Waals surface area contributed by atoms with Gasteiger partial charge in [0.15, 0.2) is 0 Å². The van der Waals surface area contributed by atoms with Crippen molar-refractivity contribution in [3.63, 3.8) is 0 Å². The fourth-order valence-corrected chi connectivity index (χ4v) is 3.51. The van der Waals surface area contributed by atoms with Crippen molar-refractivity contribution >= 4 is 17.6 Å². The third-order valence-electron chi connectivity index (χ3n) is 5.10. The number of piperidine rings is 1. The number of primary amides is 1. The van der Waals surface area contributed by atoms with E-state index in [-0.39, 0.29) is 17.6 Å². The maximum absolute atomic E-state index is 13.0. The van der Waals surface area contributed by atoms with E-state index in [1.165, 1.54) is 24.3 Å². The lowest BCUT2D eigenvalue weighted by Gasteiger charge is -2.31. The van der Waals surface area contributed by atoms with Gasteiger partial charge in [-0.05, 0) is 86.7 Å². The zero-order valence-corrected chi connectivity index (χ0v) is 15.7. The normalized spacial score (nSPS) is 15.3. The molecule has 1 fully saturated rings. The molecule has 1 aliphatic rings. The summed E-state index contributed by atoms with van der Waals surface area (Å²) in [6.45, 7) is 2.15. The van der Waals surface area contributed by atoms with Crippen LogP contribution in [0.2, 0.25) is 0 Å². The third kappa shape index (κ3) is 5.85. The second-order valence-corrected chi connectivity index (χ2v) is 7.23. The monoisotopic (exact) mass is 384 g/mol. The molecule has 0 atom stereocenters. The first-order chi connectivity index (χ1) is 13.5. The van der Waals surface area contributed by atoms with Crippen LogP contribution in [0.1, 0.15) is 35.2 Å². The van der Waals surface area contributed by atoms with E-state index in [1.54, 1.807) is 6.20 Å². The second kappa shape index (κ2) is 9.41. The molecule has 7 heteroatoms. The summed E-state index contributed by atoms with van der Waals surface area (Å²) in [4.78, 5) is 29.5. The third-order valence-corrected chi connectivity index (χ3v) is 5.10. The number of nitrogens with two attached hydrogens (primary N) is 1. The van der Waals surface area contributed by atoms with Crippen molar-refractivity contribution in [1.29, 1.82) is 0 Å². The lowest BCUT2D eigenvalue weighted by atomic mass is 9.90. The summed E-state index contributed by atoms with van der Waals surface area (Å²) < 4.78 is 13.0. The van der Waals surface area contributed by atoms with Gasteiger partial charge in [-0.25, -0.2) is 9.37 Å². The average Bonchev–Trinajstić information content (AvgIpc) is 2.68. The molecule has 0 aliphatic carbocycles. The van der Waals surface area contributed by atoms with Gasteiger partial charge in [0.25, 0.3) is 5.91 Å². The lowest BCUT2D eigenvalue weighted by molar-refractivity contribution is -0.119. The molecule has 3 rings (SSSR count). The molecule has 0 saturated carbocycles. The number of hydrogen-bond donors (Lipinski definition) is 2. The van der Waals surface area contributed by atoms with E-state index in [2.05, 4.69) is 15.2 Å². The maximum Gasteiger partial charge on any atom is 0.256 e. The van der Waals surface area contributed by atoms with Gasteiger partial charge in [-0.3, -0.25) is 14.5 Å². The number of halogens is 1. The van der Waals surface area contributed by atoms with Crippen LogP contribution in [0, 0.1) is 11.7 Å². The molecule has 1 aromatic heterocycles. The van der Waals surface area contributed by atoms with Crippen molar-refractivity contribution in [3.8, 4) is 0 Å². The number of rotatable bonds is 7. The maximum atomic E-state index is 13.0. The van der Waals surface area contributed by atoms with Crippen molar-refractivity contribution in [2.24, 2.45) is 11.7 Å². The van der Waals surface area contributed by atoms with Gasteiger partial charge in [0.05, 0.1) is 6.54 Å². The van der Waals surface area contributed by atoms with Crippen molar-refractivity contribution < 1.29 is 14.0 Å². The summed E-state index contributed by atoms with van der Waals surface area (Å²) in [6, 6.07) is 9.23. The number of aromatic nitrogens is 1. The van der Waals surface area contributed by atoms with Crippen LogP contribution in [0.3, 0.4) is 0 Å². The van der Waals surface area contributed by atoms with Crippen LogP contribution in [0.25, 0.3) is 0 Å². The fraction of sp³-hybridized carbons (Fsp3) is 0.381. The first kappa shape index (κ1) is 19.9. The number of amides is 2. The molecule has 0 radical (unpaired) electrons. The molecule has 1 saturated heterocycles. The van der Waals surface area contributed by atoms with Gasteiger partial charge >= 0.3 is 0 Å². The molecule has 2 aromatic rings. The molecule has 1 aromatic carbocycles. The summed E-state index contributed by atoms with van der Waals surface area (Å²) >= 11 is 0. The van der Waals surface area contributed by atoms with E-state index < -0.39 is 0 Å². The highest BCUT2D eigenvalue weighted by atomic mass is 19.1. The predicted molar refractivity (Wildman–Crippen MR) is 105 cm³/mol. The van der Waals surface area contributed by atoms with Crippen molar-refractivity contribution in [3.05, 3.63) is 59.5 Å². The van der Waals surface area contributed by atoms with Gasteiger partial charge in [-0.1, -0.05) is 0 Å². The first-order valence-corrected chi connectivity index (χ1v) is 9.52. The molecule has 0 spiro atoms. The molecule has 148 valence electrons.